The van der Waals surface area contributed by atoms with Gasteiger partial charge in [-0.25, -0.2) is 0 Å². The predicted octanol–water partition coefficient (Wildman–Crippen LogP) is 3.19. The monoisotopic (exact) mass is 290 g/mol. The number of rotatable bonds is 9. The van der Waals surface area contributed by atoms with E-state index in [0.29, 0.717) is 12.6 Å². The quantitative estimate of drug-likeness (QED) is 0.756. The van der Waals surface area contributed by atoms with Crippen LogP contribution in [0, 0.1) is 0 Å². The van der Waals surface area contributed by atoms with Crippen LogP contribution in [0.4, 0.5) is 0 Å². The summed E-state index contributed by atoms with van der Waals surface area (Å²) in [6, 6.07) is 9.55. The van der Waals surface area contributed by atoms with Crippen LogP contribution < -0.4 is 5.32 Å². The van der Waals surface area contributed by atoms with Crippen LogP contribution in [0.2, 0.25) is 0 Å². The maximum Gasteiger partial charge on any atom is 0.0713 e. The molecule has 0 saturated carbocycles. The van der Waals surface area contributed by atoms with Crippen LogP contribution in [0.3, 0.4) is 0 Å². The summed E-state index contributed by atoms with van der Waals surface area (Å²) in [5, 5.41) is 3.62. The minimum atomic E-state index is 0.689. The first-order chi connectivity index (χ1) is 10.3. The first-order valence-corrected chi connectivity index (χ1v) is 8.34. The first-order valence-electron chi connectivity index (χ1n) is 8.34. The molecular formula is C18H30N2O. The highest BCUT2D eigenvalue weighted by Crippen LogP contribution is 2.13. The van der Waals surface area contributed by atoms with Gasteiger partial charge in [-0.3, -0.25) is 4.90 Å². The van der Waals surface area contributed by atoms with E-state index in [1.54, 1.807) is 7.11 Å². The van der Waals surface area contributed by atoms with Crippen LogP contribution in [0.1, 0.15) is 43.7 Å². The first kappa shape index (κ1) is 16.5. The van der Waals surface area contributed by atoms with Gasteiger partial charge in [-0.1, -0.05) is 37.6 Å². The number of nitrogens with one attached hydrogen (secondary N) is 1. The zero-order chi connectivity index (χ0) is 14.9. The Bertz CT molecular complexity index is 385. The molecule has 2 rings (SSSR count). The maximum atomic E-state index is 5.17. The standard InChI is InChI=1S/C18H30N2O/c1-3-4-12-20(14-18-6-5-11-19-18)13-16-7-9-17(10-8-16)15-21-2/h7-10,18-19H,3-6,11-15H2,1-2H3. The smallest absolute Gasteiger partial charge is 0.0713 e. The van der Waals surface area contributed by atoms with Gasteiger partial charge in [-0.15, -0.1) is 0 Å². The summed E-state index contributed by atoms with van der Waals surface area (Å²) in [5.41, 5.74) is 2.66. The van der Waals surface area contributed by atoms with Crippen LogP contribution >= 0.6 is 0 Å². The second-order valence-corrected chi connectivity index (χ2v) is 6.13. The molecule has 0 amide bonds. The van der Waals surface area contributed by atoms with Gasteiger partial charge >= 0.3 is 0 Å². The summed E-state index contributed by atoms with van der Waals surface area (Å²) < 4.78 is 5.17. The van der Waals surface area contributed by atoms with Gasteiger partial charge in [0.05, 0.1) is 6.61 Å². The molecule has 1 aliphatic rings. The van der Waals surface area contributed by atoms with Gasteiger partial charge in [0.25, 0.3) is 0 Å². The van der Waals surface area contributed by atoms with E-state index in [2.05, 4.69) is 41.4 Å². The van der Waals surface area contributed by atoms with Crippen molar-refractivity contribution in [2.45, 2.75) is 51.8 Å². The molecule has 1 atom stereocenters. The van der Waals surface area contributed by atoms with Crippen molar-refractivity contribution in [2.75, 3.05) is 26.7 Å². The minimum absolute atomic E-state index is 0.689. The lowest BCUT2D eigenvalue weighted by Gasteiger charge is -2.25. The molecule has 1 N–H and O–H groups in total. The molecule has 1 aliphatic heterocycles. The molecule has 3 heteroatoms. The molecule has 1 aromatic carbocycles. The lowest BCUT2D eigenvalue weighted by Crippen LogP contribution is -2.37. The second-order valence-electron chi connectivity index (χ2n) is 6.13. The average molecular weight is 290 g/mol. The lowest BCUT2D eigenvalue weighted by atomic mass is 10.1. The number of hydrogen-bond acceptors (Lipinski definition) is 3. The van der Waals surface area contributed by atoms with E-state index < -0.39 is 0 Å². The van der Waals surface area contributed by atoms with Gasteiger partial charge in [-0.2, -0.15) is 0 Å². The van der Waals surface area contributed by atoms with Crippen molar-refractivity contribution in [1.82, 2.24) is 10.2 Å². The van der Waals surface area contributed by atoms with E-state index in [0.717, 1.165) is 6.54 Å². The molecule has 0 bridgehead atoms. The third-order valence-electron chi connectivity index (χ3n) is 4.21. The molecule has 1 saturated heterocycles. The molecule has 1 unspecified atom stereocenters. The maximum absolute atomic E-state index is 5.17. The van der Waals surface area contributed by atoms with Crippen molar-refractivity contribution in [3.63, 3.8) is 0 Å². The highest BCUT2D eigenvalue weighted by Gasteiger charge is 2.17. The summed E-state index contributed by atoms with van der Waals surface area (Å²) in [6.45, 7) is 7.61. The van der Waals surface area contributed by atoms with Crippen molar-refractivity contribution in [3.8, 4) is 0 Å². The van der Waals surface area contributed by atoms with Gasteiger partial charge in [0, 0.05) is 26.2 Å². The summed E-state index contributed by atoms with van der Waals surface area (Å²) in [7, 11) is 1.75. The highest BCUT2D eigenvalue weighted by molar-refractivity contribution is 5.22. The third kappa shape index (κ3) is 5.77. The van der Waals surface area contributed by atoms with Crippen molar-refractivity contribution in [3.05, 3.63) is 35.4 Å². The molecule has 118 valence electrons. The number of unbranched alkanes of at least 4 members (excludes halogenated alkanes) is 1. The molecule has 0 aliphatic carbocycles. The normalized spacial score (nSPS) is 18.5. The van der Waals surface area contributed by atoms with Crippen LogP contribution in [0.25, 0.3) is 0 Å². The second kappa shape index (κ2) is 9.19. The molecule has 0 spiro atoms. The van der Waals surface area contributed by atoms with Gasteiger partial charge in [0.1, 0.15) is 0 Å². The summed E-state index contributed by atoms with van der Waals surface area (Å²) in [6.07, 6.45) is 5.21. The Labute approximate surface area is 129 Å². The Kier molecular flexibility index (Phi) is 7.20. The molecule has 0 aromatic heterocycles. The van der Waals surface area contributed by atoms with Gasteiger partial charge in [-0.05, 0) is 43.5 Å². The van der Waals surface area contributed by atoms with E-state index in [-0.39, 0.29) is 0 Å². The van der Waals surface area contributed by atoms with E-state index in [1.807, 2.05) is 0 Å². The van der Waals surface area contributed by atoms with Gasteiger partial charge in [0.15, 0.2) is 0 Å². The largest absolute Gasteiger partial charge is 0.380 e. The fraction of sp³-hybridized carbons (Fsp3) is 0.667. The molecule has 1 fully saturated rings. The third-order valence-corrected chi connectivity index (χ3v) is 4.21. The lowest BCUT2D eigenvalue weighted by molar-refractivity contribution is 0.185. The Morgan fingerprint density at radius 2 is 2.00 bits per heavy atom. The molecule has 21 heavy (non-hydrogen) atoms. The Balaban J connectivity index is 1.89. The fourth-order valence-electron chi connectivity index (χ4n) is 3.01. The van der Waals surface area contributed by atoms with Crippen molar-refractivity contribution in [1.29, 1.82) is 0 Å². The Hall–Kier alpha value is -0.900. The van der Waals surface area contributed by atoms with Crippen LogP contribution in [0.15, 0.2) is 24.3 Å². The molecule has 0 radical (unpaired) electrons. The fourth-order valence-corrected chi connectivity index (χ4v) is 3.01. The SMILES string of the molecule is CCCCN(Cc1ccc(COC)cc1)CC1CCCN1. The average Bonchev–Trinajstić information content (AvgIpc) is 3.00. The Morgan fingerprint density at radius 1 is 1.24 bits per heavy atom. The summed E-state index contributed by atoms with van der Waals surface area (Å²) >= 11 is 0. The van der Waals surface area contributed by atoms with Crippen LogP contribution in [-0.2, 0) is 17.9 Å². The van der Waals surface area contributed by atoms with Gasteiger partial charge in [0.2, 0.25) is 0 Å². The topological polar surface area (TPSA) is 24.5 Å². The molecule has 3 nitrogen and oxygen atoms in total. The van der Waals surface area contributed by atoms with Crippen LogP contribution in [-0.4, -0.2) is 37.7 Å². The minimum Gasteiger partial charge on any atom is -0.380 e. The van der Waals surface area contributed by atoms with E-state index in [9.17, 15) is 0 Å². The zero-order valence-electron chi connectivity index (χ0n) is 13.6. The predicted molar refractivity (Wildman–Crippen MR) is 88.4 cm³/mol. The van der Waals surface area contributed by atoms with Crippen molar-refractivity contribution < 1.29 is 4.74 Å². The summed E-state index contributed by atoms with van der Waals surface area (Å²) in [4.78, 5) is 2.61. The van der Waals surface area contributed by atoms with Crippen molar-refractivity contribution >= 4 is 0 Å². The van der Waals surface area contributed by atoms with E-state index in [1.165, 1.54) is 56.4 Å². The number of ether oxygens (including phenoxy) is 1. The summed E-state index contributed by atoms with van der Waals surface area (Å²) in [5.74, 6) is 0. The van der Waals surface area contributed by atoms with Gasteiger partial charge < -0.3 is 10.1 Å². The van der Waals surface area contributed by atoms with Crippen molar-refractivity contribution in [2.24, 2.45) is 0 Å². The molecular weight excluding hydrogens is 260 g/mol. The number of benzene rings is 1. The number of hydrogen-bond donors (Lipinski definition) is 1. The molecule has 1 aromatic rings. The molecule has 1 heterocycles. The van der Waals surface area contributed by atoms with E-state index in [4.69, 9.17) is 4.74 Å². The van der Waals surface area contributed by atoms with Crippen LogP contribution in [0.5, 0.6) is 0 Å². The highest BCUT2D eigenvalue weighted by atomic mass is 16.5. The zero-order valence-corrected chi connectivity index (χ0v) is 13.6. The number of nitrogens with zero attached hydrogens (tertiary/aromatic N) is 1. The van der Waals surface area contributed by atoms with E-state index >= 15 is 0 Å². The Morgan fingerprint density at radius 3 is 2.62 bits per heavy atom. The number of methoxy groups -OCH3 is 1.